The number of nitrogens with zero attached hydrogens (tertiary/aromatic N) is 1. The highest BCUT2D eigenvalue weighted by atomic mass is 14.9. The van der Waals surface area contributed by atoms with E-state index in [1.165, 1.54) is 32.6 Å². The molecule has 4 rings (SSSR count). The molecule has 1 nitrogen and oxygen atoms in total. The molecule has 22 heavy (non-hydrogen) atoms. The first kappa shape index (κ1) is 16.1. The maximum absolute atomic E-state index is 2.27. The van der Waals surface area contributed by atoms with Crippen LogP contribution < -0.4 is 0 Å². The molecule has 0 aliphatic rings. The second-order valence-electron chi connectivity index (χ2n) is 4.76. The van der Waals surface area contributed by atoms with Crippen molar-refractivity contribution >= 4 is 32.6 Å². The van der Waals surface area contributed by atoms with E-state index in [9.17, 15) is 0 Å². The second kappa shape index (κ2) is 7.13. The average molecular weight is 291 g/mol. The number of hydrogen-bond acceptors (Lipinski definition) is 0. The van der Waals surface area contributed by atoms with Crippen molar-refractivity contribution in [1.29, 1.82) is 0 Å². The minimum absolute atomic E-state index is 1.30. The van der Waals surface area contributed by atoms with E-state index in [4.69, 9.17) is 0 Å². The summed E-state index contributed by atoms with van der Waals surface area (Å²) < 4.78 is 2.27. The fourth-order valence-corrected chi connectivity index (χ4v) is 2.93. The Balaban J connectivity index is 0.000000410. The molecule has 1 heterocycles. The van der Waals surface area contributed by atoms with Gasteiger partial charge in [0.1, 0.15) is 0 Å². The van der Waals surface area contributed by atoms with E-state index in [0.29, 0.717) is 0 Å². The van der Waals surface area contributed by atoms with Crippen LogP contribution in [0.15, 0.2) is 60.7 Å². The molecule has 1 heteroatoms. The first-order valence-electron chi connectivity index (χ1n) is 8.21. The molecule has 0 fully saturated rings. The summed E-state index contributed by atoms with van der Waals surface area (Å²) in [6.07, 6.45) is 0. The van der Waals surface area contributed by atoms with Gasteiger partial charge in [0.25, 0.3) is 0 Å². The van der Waals surface area contributed by atoms with Crippen LogP contribution in [0.4, 0.5) is 0 Å². The molecule has 0 atom stereocenters. The van der Waals surface area contributed by atoms with E-state index < -0.39 is 0 Å². The van der Waals surface area contributed by atoms with E-state index in [0.717, 1.165) is 0 Å². The van der Waals surface area contributed by atoms with Crippen molar-refractivity contribution in [2.75, 3.05) is 0 Å². The quantitative estimate of drug-likeness (QED) is 0.347. The van der Waals surface area contributed by atoms with Gasteiger partial charge in [-0.1, -0.05) is 76.2 Å². The summed E-state index contributed by atoms with van der Waals surface area (Å²) in [5.41, 5.74) is 2.60. The van der Waals surface area contributed by atoms with Crippen molar-refractivity contribution in [3.05, 3.63) is 60.7 Å². The lowest BCUT2D eigenvalue weighted by Crippen LogP contribution is -1.85. The molecule has 3 aromatic carbocycles. The first-order chi connectivity index (χ1) is 10.9. The fraction of sp³-hybridized carbons (Fsp3) is 0.238. The van der Waals surface area contributed by atoms with Gasteiger partial charge in [-0.2, -0.15) is 0 Å². The Bertz CT molecular complexity index is 884. The highest BCUT2D eigenvalue weighted by molar-refractivity contribution is 6.20. The number of para-hydroxylation sites is 1. The van der Waals surface area contributed by atoms with Crippen LogP contribution in [-0.2, 0) is 7.05 Å². The molecule has 0 saturated heterocycles. The van der Waals surface area contributed by atoms with Gasteiger partial charge in [0.2, 0.25) is 0 Å². The number of aromatic nitrogens is 1. The van der Waals surface area contributed by atoms with Crippen molar-refractivity contribution in [3.8, 4) is 0 Å². The summed E-state index contributed by atoms with van der Waals surface area (Å²) in [4.78, 5) is 0. The Labute approximate surface area is 133 Å². The van der Waals surface area contributed by atoms with E-state index >= 15 is 0 Å². The average Bonchev–Trinajstić information content (AvgIpc) is 2.92. The molecule has 0 spiro atoms. The van der Waals surface area contributed by atoms with Crippen molar-refractivity contribution in [2.45, 2.75) is 27.7 Å². The monoisotopic (exact) mass is 291 g/mol. The van der Waals surface area contributed by atoms with Crippen LogP contribution in [0.1, 0.15) is 27.7 Å². The summed E-state index contributed by atoms with van der Waals surface area (Å²) in [5.74, 6) is 0. The van der Waals surface area contributed by atoms with Gasteiger partial charge in [-0.25, -0.2) is 0 Å². The molecule has 0 N–H and O–H groups in total. The smallest absolute Gasteiger partial charge is 0.0495 e. The summed E-state index contributed by atoms with van der Waals surface area (Å²) in [5, 5.41) is 5.35. The number of benzene rings is 3. The van der Waals surface area contributed by atoms with Crippen LogP contribution in [0.5, 0.6) is 0 Å². The number of aryl methyl sites for hydroxylation is 1. The van der Waals surface area contributed by atoms with Crippen molar-refractivity contribution in [2.24, 2.45) is 7.05 Å². The molecule has 0 saturated carbocycles. The number of hydrogen-bond donors (Lipinski definition) is 0. The highest BCUT2D eigenvalue weighted by Crippen LogP contribution is 2.33. The first-order valence-corrected chi connectivity index (χ1v) is 8.21. The van der Waals surface area contributed by atoms with Crippen molar-refractivity contribution in [3.63, 3.8) is 0 Å². The Morgan fingerprint density at radius 1 is 0.591 bits per heavy atom. The Hall–Kier alpha value is -2.28. The van der Waals surface area contributed by atoms with Gasteiger partial charge in [-0.3, -0.25) is 0 Å². The number of rotatable bonds is 0. The maximum atomic E-state index is 2.27. The Morgan fingerprint density at radius 2 is 1.18 bits per heavy atom. The molecular weight excluding hydrogens is 266 g/mol. The second-order valence-corrected chi connectivity index (χ2v) is 4.76. The molecule has 0 bridgehead atoms. The third-order valence-electron chi connectivity index (χ3n) is 3.80. The van der Waals surface area contributed by atoms with E-state index in [1.807, 2.05) is 27.7 Å². The lowest BCUT2D eigenvalue weighted by atomic mass is 10.0. The van der Waals surface area contributed by atoms with Crippen LogP contribution >= 0.6 is 0 Å². The molecule has 114 valence electrons. The molecule has 0 aliphatic heterocycles. The summed E-state index contributed by atoms with van der Waals surface area (Å²) >= 11 is 0. The normalized spacial score (nSPS) is 10.0. The zero-order chi connectivity index (χ0) is 16.1. The van der Waals surface area contributed by atoms with Gasteiger partial charge in [-0.15, -0.1) is 0 Å². The zero-order valence-electron chi connectivity index (χ0n) is 14.2. The van der Waals surface area contributed by atoms with Gasteiger partial charge in [0.05, 0.1) is 0 Å². The molecule has 0 aliphatic carbocycles. The van der Waals surface area contributed by atoms with E-state index in [-0.39, 0.29) is 0 Å². The maximum Gasteiger partial charge on any atom is 0.0495 e. The minimum Gasteiger partial charge on any atom is -0.344 e. The Morgan fingerprint density at radius 3 is 1.91 bits per heavy atom. The molecular formula is C21H25N. The highest BCUT2D eigenvalue weighted by Gasteiger charge is 2.09. The zero-order valence-corrected chi connectivity index (χ0v) is 14.2. The summed E-state index contributed by atoms with van der Waals surface area (Å²) in [7, 11) is 2.14. The fourth-order valence-electron chi connectivity index (χ4n) is 2.93. The summed E-state index contributed by atoms with van der Waals surface area (Å²) in [6, 6.07) is 21.6. The van der Waals surface area contributed by atoms with Gasteiger partial charge in [0, 0.05) is 28.9 Å². The third kappa shape index (κ3) is 2.48. The van der Waals surface area contributed by atoms with Crippen molar-refractivity contribution < 1.29 is 0 Å². The summed E-state index contributed by atoms with van der Waals surface area (Å²) in [6.45, 7) is 8.00. The van der Waals surface area contributed by atoms with E-state index in [2.05, 4.69) is 72.3 Å². The largest absolute Gasteiger partial charge is 0.344 e. The lowest BCUT2D eigenvalue weighted by Gasteiger charge is -2.01. The standard InChI is InChI=1S/C17H13N.2C2H6/c1-18-15-9-5-4-8-14(15)17-13-7-3-2-6-12(13)10-11-16(17)18;2*1-2/h2-11H,1H3;2*1-2H3. The predicted molar refractivity (Wildman–Crippen MR) is 101 cm³/mol. The SMILES string of the molecule is CC.CC.Cn1c2ccccc2c2c3ccccc3ccc21. The Kier molecular flexibility index (Phi) is 5.21. The molecule has 0 radical (unpaired) electrons. The van der Waals surface area contributed by atoms with Crippen LogP contribution in [0.2, 0.25) is 0 Å². The number of fused-ring (bicyclic) bond motifs is 5. The molecule has 4 aromatic rings. The van der Waals surface area contributed by atoms with Gasteiger partial charge in [-0.05, 0) is 22.9 Å². The minimum atomic E-state index is 1.30. The van der Waals surface area contributed by atoms with Crippen LogP contribution in [-0.4, -0.2) is 4.57 Å². The van der Waals surface area contributed by atoms with Gasteiger partial charge in [0.15, 0.2) is 0 Å². The van der Waals surface area contributed by atoms with Crippen LogP contribution in [0.25, 0.3) is 32.6 Å². The predicted octanol–water partition coefficient (Wildman–Crippen LogP) is 6.54. The molecule has 0 amide bonds. The van der Waals surface area contributed by atoms with Crippen LogP contribution in [0.3, 0.4) is 0 Å². The van der Waals surface area contributed by atoms with Crippen molar-refractivity contribution in [1.82, 2.24) is 4.57 Å². The van der Waals surface area contributed by atoms with Crippen LogP contribution in [0, 0.1) is 0 Å². The van der Waals surface area contributed by atoms with E-state index in [1.54, 1.807) is 0 Å². The topological polar surface area (TPSA) is 4.93 Å². The third-order valence-corrected chi connectivity index (χ3v) is 3.80. The molecule has 0 unspecified atom stereocenters. The molecule has 1 aromatic heterocycles. The van der Waals surface area contributed by atoms with Gasteiger partial charge >= 0.3 is 0 Å². The van der Waals surface area contributed by atoms with Gasteiger partial charge < -0.3 is 4.57 Å². The lowest BCUT2D eigenvalue weighted by molar-refractivity contribution is 1.01.